The van der Waals surface area contributed by atoms with Gasteiger partial charge in [0.2, 0.25) is 0 Å². The van der Waals surface area contributed by atoms with Crippen LogP contribution in [-0.4, -0.2) is 27.6 Å². The van der Waals surface area contributed by atoms with Crippen molar-refractivity contribution in [3.63, 3.8) is 0 Å². The van der Waals surface area contributed by atoms with Crippen molar-refractivity contribution in [1.82, 2.24) is 14.7 Å². The molecule has 0 atom stereocenters. The number of amides is 1. The average Bonchev–Trinajstić information content (AvgIpc) is 3.05. The highest BCUT2D eigenvalue weighted by atomic mass is 16.2. The lowest BCUT2D eigenvalue weighted by atomic mass is 10.1. The maximum atomic E-state index is 12.6. The highest BCUT2D eigenvalue weighted by Crippen LogP contribution is 2.10. The Hall–Kier alpha value is -2.88. The molecule has 0 radical (unpaired) electrons. The maximum absolute atomic E-state index is 12.6. The van der Waals surface area contributed by atoms with Crippen LogP contribution in [0.5, 0.6) is 0 Å². The van der Waals surface area contributed by atoms with Gasteiger partial charge in [-0.2, -0.15) is 5.10 Å². The molecule has 1 aromatic heterocycles. The molecular formula is C20H21N3O. The van der Waals surface area contributed by atoms with Crippen molar-refractivity contribution in [2.24, 2.45) is 0 Å². The van der Waals surface area contributed by atoms with Crippen molar-refractivity contribution in [1.29, 1.82) is 0 Å². The fraction of sp³-hybridized carbons (Fsp3) is 0.200. The summed E-state index contributed by atoms with van der Waals surface area (Å²) in [6.07, 6.45) is 3.44. The molecule has 1 amide bonds. The van der Waals surface area contributed by atoms with Gasteiger partial charge in [0.25, 0.3) is 5.91 Å². The van der Waals surface area contributed by atoms with E-state index >= 15 is 0 Å². The number of hydrogen-bond acceptors (Lipinski definition) is 2. The summed E-state index contributed by atoms with van der Waals surface area (Å²) >= 11 is 0. The molecule has 0 fully saturated rings. The summed E-state index contributed by atoms with van der Waals surface area (Å²) in [5.41, 5.74) is 4.11. The van der Waals surface area contributed by atoms with Gasteiger partial charge >= 0.3 is 0 Å². The Morgan fingerprint density at radius 3 is 2.46 bits per heavy atom. The Kier molecular flexibility index (Phi) is 4.75. The summed E-state index contributed by atoms with van der Waals surface area (Å²) in [6.45, 7) is 3.30. The van der Waals surface area contributed by atoms with Crippen molar-refractivity contribution in [2.45, 2.75) is 20.0 Å². The van der Waals surface area contributed by atoms with Gasteiger partial charge in [-0.05, 0) is 18.1 Å². The number of benzene rings is 2. The number of hydrogen-bond donors (Lipinski definition) is 0. The van der Waals surface area contributed by atoms with Gasteiger partial charge in [0, 0.05) is 19.8 Å². The second-order valence-corrected chi connectivity index (χ2v) is 6.06. The van der Waals surface area contributed by atoms with Crippen LogP contribution in [0.15, 0.2) is 67.0 Å². The third-order valence-corrected chi connectivity index (χ3v) is 3.95. The third kappa shape index (κ3) is 3.90. The van der Waals surface area contributed by atoms with E-state index in [0.717, 1.165) is 11.1 Å². The Morgan fingerprint density at radius 2 is 1.75 bits per heavy atom. The molecule has 0 aliphatic carbocycles. The van der Waals surface area contributed by atoms with Crippen LogP contribution in [0, 0.1) is 6.92 Å². The molecule has 0 saturated heterocycles. The van der Waals surface area contributed by atoms with Crippen molar-refractivity contribution in [2.75, 3.05) is 7.05 Å². The minimum absolute atomic E-state index is 0.0186. The average molecular weight is 319 g/mol. The number of aromatic nitrogens is 2. The lowest BCUT2D eigenvalue weighted by Gasteiger charge is -2.16. The molecule has 0 spiro atoms. The minimum atomic E-state index is -0.0186. The topological polar surface area (TPSA) is 38.1 Å². The van der Waals surface area contributed by atoms with E-state index < -0.39 is 0 Å². The van der Waals surface area contributed by atoms with E-state index in [9.17, 15) is 4.79 Å². The van der Waals surface area contributed by atoms with Crippen molar-refractivity contribution in [3.05, 3.63) is 89.2 Å². The largest absolute Gasteiger partial charge is 0.337 e. The van der Waals surface area contributed by atoms with Gasteiger partial charge in [-0.25, -0.2) is 0 Å². The summed E-state index contributed by atoms with van der Waals surface area (Å²) in [7, 11) is 1.82. The Labute approximate surface area is 142 Å². The zero-order chi connectivity index (χ0) is 16.9. The molecule has 0 unspecified atom stereocenters. The van der Waals surface area contributed by atoms with Gasteiger partial charge in [0.15, 0.2) is 0 Å². The number of rotatable bonds is 5. The summed E-state index contributed by atoms with van der Waals surface area (Å²) < 4.78 is 1.79. The van der Waals surface area contributed by atoms with Crippen LogP contribution in [0.2, 0.25) is 0 Å². The first-order valence-electron chi connectivity index (χ1n) is 7.99. The summed E-state index contributed by atoms with van der Waals surface area (Å²) in [6, 6.07) is 18.3. The maximum Gasteiger partial charge on any atom is 0.257 e. The lowest BCUT2D eigenvalue weighted by Crippen LogP contribution is -2.25. The standard InChI is InChI=1S/C20H21N3O/c1-16-8-10-18(11-9-16)13-22(2)20(24)19-12-21-23(15-19)14-17-6-4-3-5-7-17/h3-12,15H,13-14H2,1-2H3. The molecular weight excluding hydrogens is 298 g/mol. The van der Waals surface area contributed by atoms with E-state index in [-0.39, 0.29) is 5.91 Å². The van der Waals surface area contributed by atoms with Crippen LogP contribution >= 0.6 is 0 Å². The Balaban J connectivity index is 1.65. The molecule has 3 aromatic rings. The molecule has 0 aliphatic heterocycles. The lowest BCUT2D eigenvalue weighted by molar-refractivity contribution is 0.0785. The van der Waals surface area contributed by atoms with Crippen LogP contribution in [0.25, 0.3) is 0 Å². The van der Waals surface area contributed by atoms with E-state index in [1.54, 1.807) is 22.0 Å². The van der Waals surface area contributed by atoms with Crippen LogP contribution in [0.1, 0.15) is 27.0 Å². The summed E-state index contributed by atoms with van der Waals surface area (Å²) in [5, 5.41) is 4.30. The summed E-state index contributed by atoms with van der Waals surface area (Å²) in [5.74, 6) is -0.0186. The molecule has 0 aliphatic rings. The molecule has 3 rings (SSSR count). The molecule has 2 aromatic carbocycles. The second-order valence-electron chi connectivity index (χ2n) is 6.06. The van der Waals surface area contributed by atoms with Crippen LogP contribution in [0.3, 0.4) is 0 Å². The fourth-order valence-electron chi connectivity index (χ4n) is 2.59. The smallest absolute Gasteiger partial charge is 0.257 e. The van der Waals surface area contributed by atoms with E-state index in [4.69, 9.17) is 0 Å². The number of carbonyl (C=O) groups excluding carboxylic acids is 1. The molecule has 24 heavy (non-hydrogen) atoms. The first-order chi connectivity index (χ1) is 11.6. The highest BCUT2D eigenvalue weighted by molar-refractivity contribution is 5.93. The van der Waals surface area contributed by atoms with Gasteiger partial charge < -0.3 is 4.90 Å². The van der Waals surface area contributed by atoms with E-state index in [1.165, 1.54) is 5.56 Å². The second kappa shape index (κ2) is 7.13. The first kappa shape index (κ1) is 16.0. The van der Waals surface area contributed by atoms with Gasteiger partial charge in [0.05, 0.1) is 18.3 Å². The fourth-order valence-corrected chi connectivity index (χ4v) is 2.59. The van der Waals surface area contributed by atoms with E-state index in [0.29, 0.717) is 18.7 Å². The van der Waals surface area contributed by atoms with Crippen molar-refractivity contribution in [3.8, 4) is 0 Å². The number of carbonyl (C=O) groups is 1. The zero-order valence-electron chi connectivity index (χ0n) is 14.0. The normalized spacial score (nSPS) is 10.6. The first-order valence-corrected chi connectivity index (χ1v) is 7.99. The monoisotopic (exact) mass is 319 g/mol. The zero-order valence-corrected chi connectivity index (χ0v) is 14.0. The van der Waals surface area contributed by atoms with Crippen LogP contribution in [0.4, 0.5) is 0 Å². The van der Waals surface area contributed by atoms with Gasteiger partial charge in [-0.3, -0.25) is 9.48 Å². The van der Waals surface area contributed by atoms with Crippen molar-refractivity contribution >= 4 is 5.91 Å². The minimum Gasteiger partial charge on any atom is -0.337 e. The number of nitrogens with zero attached hydrogens (tertiary/aromatic N) is 3. The van der Waals surface area contributed by atoms with Gasteiger partial charge in [0.1, 0.15) is 0 Å². The quantitative estimate of drug-likeness (QED) is 0.722. The summed E-state index contributed by atoms with van der Waals surface area (Å²) in [4.78, 5) is 14.3. The van der Waals surface area contributed by atoms with E-state index in [1.807, 2.05) is 37.4 Å². The van der Waals surface area contributed by atoms with Crippen molar-refractivity contribution < 1.29 is 4.79 Å². The highest BCUT2D eigenvalue weighted by Gasteiger charge is 2.14. The van der Waals surface area contributed by atoms with Gasteiger partial charge in [-0.1, -0.05) is 60.2 Å². The third-order valence-electron chi connectivity index (χ3n) is 3.95. The SMILES string of the molecule is Cc1ccc(CN(C)C(=O)c2cnn(Cc3ccccc3)c2)cc1. The Morgan fingerprint density at radius 1 is 1.04 bits per heavy atom. The molecule has 1 heterocycles. The van der Waals surface area contributed by atoms with Crippen LogP contribution < -0.4 is 0 Å². The predicted octanol–water partition coefficient (Wildman–Crippen LogP) is 3.51. The van der Waals surface area contributed by atoms with Crippen LogP contribution in [-0.2, 0) is 13.1 Å². The van der Waals surface area contributed by atoms with E-state index in [2.05, 4.69) is 36.3 Å². The number of aryl methyl sites for hydroxylation is 1. The molecule has 0 N–H and O–H groups in total. The van der Waals surface area contributed by atoms with Gasteiger partial charge in [-0.15, -0.1) is 0 Å². The molecule has 4 nitrogen and oxygen atoms in total. The molecule has 0 bridgehead atoms. The molecule has 0 saturated carbocycles. The predicted molar refractivity (Wildman–Crippen MR) is 94.7 cm³/mol. The Bertz CT molecular complexity index is 806. The molecule has 4 heteroatoms. The molecule has 122 valence electrons.